The average molecular weight is 307 g/mol. The first-order chi connectivity index (χ1) is 11.1. The third-order valence-corrected chi connectivity index (χ3v) is 3.54. The number of hydrogen-bond donors (Lipinski definition) is 1. The minimum atomic E-state index is -0.180. The van der Waals surface area contributed by atoms with Gasteiger partial charge in [0.05, 0.1) is 6.42 Å². The second-order valence-electron chi connectivity index (χ2n) is 5.43. The molecule has 3 rings (SSSR count). The van der Waals surface area contributed by atoms with E-state index in [0.29, 0.717) is 5.89 Å². The van der Waals surface area contributed by atoms with E-state index in [-0.39, 0.29) is 18.3 Å². The van der Waals surface area contributed by atoms with Gasteiger partial charge in [0.15, 0.2) is 0 Å². The molecule has 5 heteroatoms. The Balaban J connectivity index is 1.68. The second kappa shape index (κ2) is 6.44. The van der Waals surface area contributed by atoms with Gasteiger partial charge in [0.1, 0.15) is 0 Å². The summed E-state index contributed by atoms with van der Waals surface area (Å²) in [5.41, 5.74) is 4.07. The normalized spacial score (nSPS) is 10.5. The lowest BCUT2D eigenvalue weighted by molar-refractivity contribution is -0.115. The molecule has 3 aromatic rings. The van der Waals surface area contributed by atoms with Crippen molar-refractivity contribution in [3.63, 3.8) is 0 Å². The molecule has 5 nitrogen and oxygen atoms in total. The Morgan fingerprint density at radius 2 is 1.87 bits per heavy atom. The highest BCUT2D eigenvalue weighted by atomic mass is 16.4. The Kier molecular flexibility index (Phi) is 4.19. The van der Waals surface area contributed by atoms with E-state index < -0.39 is 0 Å². The molecule has 0 spiro atoms. The standard InChI is InChI=1S/C18H17N3O2/c1-12-8-9-15(13(2)10-12)11-16(22)19-18-21-20-17(23-18)14-6-4-3-5-7-14/h3-10H,11H2,1-2H3,(H,19,21,22). The van der Waals surface area contributed by atoms with Gasteiger partial charge in [0, 0.05) is 5.56 Å². The summed E-state index contributed by atoms with van der Waals surface area (Å²) in [4.78, 5) is 12.1. The van der Waals surface area contributed by atoms with E-state index in [1.165, 1.54) is 5.56 Å². The van der Waals surface area contributed by atoms with Crippen molar-refractivity contribution in [3.8, 4) is 11.5 Å². The number of aryl methyl sites for hydroxylation is 2. The van der Waals surface area contributed by atoms with Crippen LogP contribution in [0.2, 0.25) is 0 Å². The molecule has 1 amide bonds. The molecule has 0 aliphatic rings. The second-order valence-corrected chi connectivity index (χ2v) is 5.43. The zero-order valence-electron chi connectivity index (χ0n) is 13.0. The molecular formula is C18H17N3O2. The number of anilines is 1. The molecule has 1 aromatic heterocycles. The maximum Gasteiger partial charge on any atom is 0.322 e. The fourth-order valence-corrected chi connectivity index (χ4v) is 2.35. The number of benzene rings is 2. The van der Waals surface area contributed by atoms with Crippen LogP contribution >= 0.6 is 0 Å². The fourth-order valence-electron chi connectivity index (χ4n) is 2.35. The topological polar surface area (TPSA) is 68.0 Å². The molecule has 0 aliphatic heterocycles. The summed E-state index contributed by atoms with van der Waals surface area (Å²) in [5, 5.41) is 10.4. The van der Waals surface area contributed by atoms with E-state index in [0.717, 1.165) is 16.7 Å². The van der Waals surface area contributed by atoms with Gasteiger partial charge in [-0.25, -0.2) is 0 Å². The van der Waals surface area contributed by atoms with Crippen LogP contribution in [0.5, 0.6) is 0 Å². The number of nitrogens with zero attached hydrogens (tertiary/aromatic N) is 2. The van der Waals surface area contributed by atoms with Gasteiger partial charge < -0.3 is 4.42 Å². The van der Waals surface area contributed by atoms with Crippen molar-refractivity contribution in [1.29, 1.82) is 0 Å². The Bertz CT molecular complexity index is 825. The van der Waals surface area contributed by atoms with Gasteiger partial charge in [0.25, 0.3) is 0 Å². The van der Waals surface area contributed by atoms with E-state index in [4.69, 9.17) is 4.42 Å². The quantitative estimate of drug-likeness (QED) is 0.800. The van der Waals surface area contributed by atoms with E-state index in [9.17, 15) is 4.79 Å². The molecule has 2 aromatic carbocycles. The Morgan fingerprint density at radius 1 is 1.09 bits per heavy atom. The van der Waals surface area contributed by atoms with Crippen LogP contribution in [0.3, 0.4) is 0 Å². The average Bonchev–Trinajstić information content (AvgIpc) is 2.99. The number of nitrogens with one attached hydrogen (secondary N) is 1. The molecular weight excluding hydrogens is 290 g/mol. The maximum atomic E-state index is 12.1. The van der Waals surface area contributed by atoms with Gasteiger partial charge >= 0.3 is 6.01 Å². The van der Waals surface area contributed by atoms with E-state index in [1.807, 2.05) is 56.3 Å². The molecule has 1 heterocycles. The molecule has 0 radical (unpaired) electrons. The first-order valence-electron chi connectivity index (χ1n) is 7.37. The lowest BCUT2D eigenvalue weighted by Gasteiger charge is -2.06. The van der Waals surface area contributed by atoms with Gasteiger partial charge in [-0.2, -0.15) is 0 Å². The predicted molar refractivity (Wildman–Crippen MR) is 88.0 cm³/mol. The van der Waals surface area contributed by atoms with Crippen LogP contribution in [0.15, 0.2) is 52.9 Å². The highest BCUT2D eigenvalue weighted by molar-refractivity contribution is 5.90. The van der Waals surface area contributed by atoms with Crippen LogP contribution in [0.1, 0.15) is 16.7 Å². The molecule has 0 unspecified atom stereocenters. The smallest absolute Gasteiger partial charge is 0.322 e. The van der Waals surface area contributed by atoms with Crippen LogP contribution < -0.4 is 5.32 Å². The monoisotopic (exact) mass is 307 g/mol. The van der Waals surface area contributed by atoms with Crippen molar-refractivity contribution in [2.24, 2.45) is 0 Å². The van der Waals surface area contributed by atoms with Crippen LogP contribution in [0.25, 0.3) is 11.5 Å². The Labute approximate surface area is 134 Å². The van der Waals surface area contributed by atoms with Crippen LogP contribution in [0.4, 0.5) is 6.01 Å². The zero-order valence-corrected chi connectivity index (χ0v) is 13.0. The molecule has 0 bridgehead atoms. The van der Waals surface area contributed by atoms with E-state index >= 15 is 0 Å². The zero-order chi connectivity index (χ0) is 16.2. The summed E-state index contributed by atoms with van der Waals surface area (Å²) in [6.45, 7) is 4.02. The summed E-state index contributed by atoms with van der Waals surface area (Å²) < 4.78 is 5.47. The van der Waals surface area contributed by atoms with E-state index in [1.54, 1.807) is 0 Å². The fraction of sp³-hybridized carbons (Fsp3) is 0.167. The minimum absolute atomic E-state index is 0.110. The van der Waals surface area contributed by atoms with Gasteiger partial charge in [-0.1, -0.05) is 47.1 Å². The Morgan fingerprint density at radius 3 is 2.61 bits per heavy atom. The number of carbonyl (C=O) groups excluding carboxylic acids is 1. The van der Waals surface area contributed by atoms with Crippen LogP contribution in [-0.2, 0) is 11.2 Å². The summed E-state index contributed by atoms with van der Waals surface area (Å²) >= 11 is 0. The number of rotatable bonds is 4. The molecule has 23 heavy (non-hydrogen) atoms. The van der Waals surface area contributed by atoms with Crippen LogP contribution in [-0.4, -0.2) is 16.1 Å². The van der Waals surface area contributed by atoms with E-state index in [2.05, 4.69) is 21.6 Å². The van der Waals surface area contributed by atoms with Gasteiger partial charge in [-0.15, -0.1) is 5.10 Å². The molecule has 0 atom stereocenters. The molecule has 116 valence electrons. The first-order valence-corrected chi connectivity index (χ1v) is 7.37. The van der Waals surface area contributed by atoms with Crippen molar-refractivity contribution in [2.45, 2.75) is 20.3 Å². The van der Waals surface area contributed by atoms with Crippen molar-refractivity contribution >= 4 is 11.9 Å². The summed E-state index contributed by atoms with van der Waals surface area (Å²) in [6, 6.07) is 15.6. The van der Waals surface area contributed by atoms with Gasteiger partial charge in [-0.05, 0) is 37.1 Å². The largest absolute Gasteiger partial charge is 0.403 e. The number of amides is 1. The van der Waals surface area contributed by atoms with Gasteiger partial charge in [-0.3, -0.25) is 10.1 Å². The molecule has 0 aliphatic carbocycles. The van der Waals surface area contributed by atoms with Crippen molar-refractivity contribution < 1.29 is 9.21 Å². The SMILES string of the molecule is Cc1ccc(CC(=O)Nc2nnc(-c3ccccc3)o2)c(C)c1. The third-order valence-electron chi connectivity index (χ3n) is 3.54. The molecule has 0 saturated carbocycles. The maximum absolute atomic E-state index is 12.1. The molecule has 0 fully saturated rings. The predicted octanol–water partition coefficient (Wildman–Crippen LogP) is 3.53. The summed E-state index contributed by atoms with van der Waals surface area (Å²) in [7, 11) is 0. The van der Waals surface area contributed by atoms with Crippen LogP contribution in [0, 0.1) is 13.8 Å². The third kappa shape index (κ3) is 3.63. The van der Waals surface area contributed by atoms with Gasteiger partial charge in [0.2, 0.25) is 11.8 Å². The Hall–Kier alpha value is -2.95. The first kappa shape index (κ1) is 15.0. The minimum Gasteiger partial charge on any atom is -0.403 e. The lowest BCUT2D eigenvalue weighted by atomic mass is 10.0. The highest BCUT2D eigenvalue weighted by Crippen LogP contribution is 2.19. The number of hydrogen-bond acceptors (Lipinski definition) is 4. The molecule has 1 N–H and O–H groups in total. The lowest BCUT2D eigenvalue weighted by Crippen LogP contribution is -2.15. The summed E-state index contributed by atoms with van der Waals surface area (Å²) in [6.07, 6.45) is 0.273. The van der Waals surface area contributed by atoms with Crippen molar-refractivity contribution in [1.82, 2.24) is 10.2 Å². The summed E-state index contributed by atoms with van der Waals surface area (Å²) in [5.74, 6) is 0.202. The number of aromatic nitrogens is 2. The highest BCUT2D eigenvalue weighted by Gasteiger charge is 2.12. The molecule has 0 saturated heterocycles. The number of carbonyl (C=O) groups is 1. The van der Waals surface area contributed by atoms with Crippen molar-refractivity contribution in [2.75, 3.05) is 5.32 Å². The van der Waals surface area contributed by atoms with Crippen molar-refractivity contribution in [3.05, 3.63) is 65.2 Å².